The summed E-state index contributed by atoms with van der Waals surface area (Å²) in [5, 5.41) is 9.42. The molecule has 180 valence electrons. The number of rotatable bonds is 7. The molecule has 2 N–H and O–H groups in total. The van der Waals surface area contributed by atoms with Crippen LogP contribution < -0.4 is 4.74 Å². The fourth-order valence-corrected chi connectivity index (χ4v) is 4.99. The van der Waals surface area contributed by atoms with Gasteiger partial charge in [-0.2, -0.15) is 9.49 Å². The summed E-state index contributed by atoms with van der Waals surface area (Å²) in [4.78, 5) is 15.4. The Bertz CT molecular complexity index is 1680. The summed E-state index contributed by atoms with van der Waals surface area (Å²) in [7, 11) is 4.02. The molecule has 5 aromatic heterocycles. The number of pyridine rings is 2. The monoisotopic (exact) mass is 498 g/mol. The standard InChI is InChI=1S/C27H23FN6OS/c1-34(2)8-9-35-17-10-16(13-29-14-17)22-12-20-24(15-30-22)32-33-27(20)23-11-19-18(4-3-5-21(19)31-23)25-6-7-26(28)36-25/h3-7,10-15,31H,8-9H2,1-2H3,(H,32,33). The zero-order valence-corrected chi connectivity index (χ0v) is 20.6. The van der Waals surface area contributed by atoms with Crippen molar-refractivity contribution in [1.29, 1.82) is 0 Å². The molecule has 0 radical (unpaired) electrons. The molecule has 5 heterocycles. The predicted octanol–water partition coefficient (Wildman–Crippen LogP) is 5.98. The number of aromatic amines is 2. The second kappa shape index (κ2) is 9.18. The molecule has 1 aromatic carbocycles. The molecule has 7 nitrogen and oxygen atoms in total. The SMILES string of the molecule is CN(C)CCOc1cncc(-c2cc3c(-c4cc5c(-c6ccc(F)s6)cccc5[nH]4)n[nH]c3cn2)c1. The van der Waals surface area contributed by atoms with Crippen molar-refractivity contribution in [2.45, 2.75) is 0 Å². The summed E-state index contributed by atoms with van der Waals surface area (Å²) in [6, 6.07) is 15.3. The van der Waals surface area contributed by atoms with E-state index in [0.29, 0.717) is 12.4 Å². The van der Waals surface area contributed by atoms with Crippen LogP contribution in [0.5, 0.6) is 5.75 Å². The van der Waals surface area contributed by atoms with Gasteiger partial charge in [-0.1, -0.05) is 12.1 Å². The number of nitrogens with zero attached hydrogens (tertiary/aromatic N) is 4. The Kier molecular flexibility index (Phi) is 5.71. The highest BCUT2D eigenvalue weighted by Gasteiger charge is 2.16. The van der Waals surface area contributed by atoms with Gasteiger partial charge in [-0.05, 0) is 50.5 Å². The Morgan fingerprint density at radius 3 is 2.75 bits per heavy atom. The normalized spacial score (nSPS) is 11.7. The van der Waals surface area contributed by atoms with Gasteiger partial charge < -0.3 is 14.6 Å². The first kappa shape index (κ1) is 22.4. The number of benzene rings is 1. The molecule has 9 heteroatoms. The number of hydrogen-bond donors (Lipinski definition) is 2. The number of fused-ring (bicyclic) bond motifs is 2. The third-order valence-electron chi connectivity index (χ3n) is 6.02. The highest BCUT2D eigenvalue weighted by atomic mass is 32.1. The van der Waals surface area contributed by atoms with Crippen LogP contribution in [0.25, 0.3) is 54.9 Å². The zero-order valence-electron chi connectivity index (χ0n) is 19.7. The van der Waals surface area contributed by atoms with Gasteiger partial charge in [0.1, 0.15) is 18.1 Å². The van der Waals surface area contributed by atoms with Crippen molar-refractivity contribution < 1.29 is 9.13 Å². The molecule has 0 aliphatic rings. The Hall–Kier alpha value is -4.08. The molecule has 36 heavy (non-hydrogen) atoms. The van der Waals surface area contributed by atoms with Crippen LogP contribution in [0, 0.1) is 5.13 Å². The van der Waals surface area contributed by atoms with Crippen LogP contribution in [-0.4, -0.2) is 57.3 Å². The summed E-state index contributed by atoms with van der Waals surface area (Å²) < 4.78 is 19.5. The largest absolute Gasteiger partial charge is 0.491 e. The molecule has 0 aliphatic heterocycles. The topological polar surface area (TPSA) is 82.7 Å². The van der Waals surface area contributed by atoms with Gasteiger partial charge in [0.15, 0.2) is 5.13 Å². The summed E-state index contributed by atoms with van der Waals surface area (Å²) in [5.41, 5.74) is 6.10. The van der Waals surface area contributed by atoms with Crippen molar-refractivity contribution in [3.05, 3.63) is 72.3 Å². The van der Waals surface area contributed by atoms with Crippen LogP contribution in [0.4, 0.5) is 4.39 Å². The molecule has 6 rings (SSSR count). The van der Waals surface area contributed by atoms with Crippen LogP contribution in [-0.2, 0) is 0 Å². The Balaban J connectivity index is 1.37. The van der Waals surface area contributed by atoms with E-state index >= 15 is 0 Å². The molecule has 0 atom stereocenters. The van der Waals surface area contributed by atoms with E-state index in [1.54, 1.807) is 18.6 Å². The minimum absolute atomic E-state index is 0.197. The van der Waals surface area contributed by atoms with Crippen LogP contribution in [0.2, 0.25) is 0 Å². The van der Waals surface area contributed by atoms with Crippen molar-refractivity contribution >= 4 is 33.1 Å². The lowest BCUT2D eigenvalue weighted by atomic mass is 10.1. The van der Waals surface area contributed by atoms with E-state index in [-0.39, 0.29) is 5.13 Å². The molecule has 0 saturated heterocycles. The lowest BCUT2D eigenvalue weighted by molar-refractivity contribution is 0.261. The molecule has 6 aromatic rings. The first-order chi connectivity index (χ1) is 17.5. The molecule has 0 unspecified atom stereocenters. The lowest BCUT2D eigenvalue weighted by Crippen LogP contribution is -2.19. The molecule has 0 fully saturated rings. The highest BCUT2D eigenvalue weighted by molar-refractivity contribution is 7.14. The number of halogens is 1. The minimum Gasteiger partial charge on any atom is -0.491 e. The molecule has 0 spiro atoms. The number of aromatic nitrogens is 5. The number of hydrogen-bond acceptors (Lipinski definition) is 6. The van der Waals surface area contributed by atoms with Crippen molar-refractivity contribution in [2.24, 2.45) is 0 Å². The average molecular weight is 499 g/mol. The maximum atomic E-state index is 13.7. The predicted molar refractivity (Wildman–Crippen MR) is 142 cm³/mol. The van der Waals surface area contributed by atoms with Gasteiger partial charge in [0.25, 0.3) is 0 Å². The molecular weight excluding hydrogens is 475 g/mol. The second-order valence-electron chi connectivity index (χ2n) is 8.80. The Morgan fingerprint density at radius 1 is 1.00 bits per heavy atom. The summed E-state index contributed by atoms with van der Waals surface area (Å²) >= 11 is 1.14. The van der Waals surface area contributed by atoms with Crippen LogP contribution in [0.15, 0.2) is 67.1 Å². The van der Waals surface area contributed by atoms with Crippen molar-refractivity contribution in [1.82, 2.24) is 30.0 Å². The quantitative estimate of drug-likeness (QED) is 0.283. The first-order valence-corrected chi connectivity index (χ1v) is 12.3. The number of likely N-dealkylation sites (N-methyl/N-ethyl adjacent to an activating group) is 1. The van der Waals surface area contributed by atoms with E-state index in [0.717, 1.165) is 72.8 Å². The molecule has 0 bridgehead atoms. The van der Waals surface area contributed by atoms with Gasteiger partial charge in [-0.25, -0.2) is 0 Å². The average Bonchev–Trinajstić information content (AvgIpc) is 3.61. The van der Waals surface area contributed by atoms with E-state index in [1.165, 1.54) is 6.07 Å². The minimum atomic E-state index is -0.197. The summed E-state index contributed by atoms with van der Waals surface area (Å²) in [5.74, 6) is 0.705. The summed E-state index contributed by atoms with van der Waals surface area (Å²) in [6.45, 7) is 1.40. The van der Waals surface area contributed by atoms with Gasteiger partial charge in [-0.15, -0.1) is 11.3 Å². The van der Waals surface area contributed by atoms with Crippen LogP contribution in [0.1, 0.15) is 0 Å². The van der Waals surface area contributed by atoms with Crippen LogP contribution in [0.3, 0.4) is 0 Å². The zero-order chi connectivity index (χ0) is 24.6. The third-order valence-corrected chi connectivity index (χ3v) is 6.93. The maximum Gasteiger partial charge on any atom is 0.176 e. The van der Waals surface area contributed by atoms with Gasteiger partial charge in [0.05, 0.1) is 29.3 Å². The van der Waals surface area contributed by atoms with Crippen molar-refractivity contribution in [3.8, 4) is 38.8 Å². The maximum absolute atomic E-state index is 13.7. The number of nitrogens with one attached hydrogen (secondary N) is 2. The molecule has 0 amide bonds. The van der Waals surface area contributed by atoms with E-state index in [1.807, 2.05) is 50.5 Å². The third kappa shape index (κ3) is 4.23. The Labute approximate surface area is 210 Å². The summed E-state index contributed by atoms with van der Waals surface area (Å²) in [6.07, 6.45) is 5.27. The number of H-pyrrole nitrogens is 2. The molecule has 0 aliphatic carbocycles. The number of ether oxygens (including phenoxy) is 1. The van der Waals surface area contributed by atoms with Gasteiger partial charge >= 0.3 is 0 Å². The smallest absolute Gasteiger partial charge is 0.176 e. The highest BCUT2D eigenvalue weighted by Crippen LogP contribution is 2.37. The van der Waals surface area contributed by atoms with Crippen molar-refractivity contribution in [2.75, 3.05) is 27.2 Å². The first-order valence-electron chi connectivity index (χ1n) is 11.5. The molecular formula is C27H23FN6OS. The van der Waals surface area contributed by atoms with Crippen LogP contribution >= 0.6 is 11.3 Å². The van der Waals surface area contributed by atoms with E-state index in [9.17, 15) is 4.39 Å². The van der Waals surface area contributed by atoms with Crippen molar-refractivity contribution in [3.63, 3.8) is 0 Å². The fraction of sp³-hybridized carbons (Fsp3) is 0.148. The van der Waals surface area contributed by atoms with E-state index in [2.05, 4.69) is 36.1 Å². The van der Waals surface area contributed by atoms with Gasteiger partial charge in [-0.3, -0.25) is 15.1 Å². The van der Waals surface area contributed by atoms with Gasteiger partial charge in [0, 0.05) is 45.0 Å². The number of thiophene rings is 1. The fourth-order valence-electron chi connectivity index (χ4n) is 4.22. The lowest BCUT2D eigenvalue weighted by Gasteiger charge is -2.11. The van der Waals surface area contributed by atoms with E-state index < -0.39 is 0 Å². The molecule has 0 saturated carbocycles. The van der Waals surface area contributed by atoms with Gasteiger partial charge in [0.2, 0.25) is 0 Å². The van der Waals surface area contributed by atoms with E-state index in [4.69, 9.17) is 4.74 Å². The Morgan fingerprint density at radius 2 is 1.92 bits per heavy atom. The second-order valence-corrected chi connectivity index (χ2v) is 9.84.